The number of methoxy groups -OCH3 is 1. The monoisotopic (exact) mass is 252 g/mol. The SMILES string of the molecule is COc1ccccc1C(C)(C)N(C)C[C@@H](N)CO. The highest BCUT2D eigenvalue weighted by Crippen LogP contribution is 2.33. The van der Waals surface area contributed by atoms with Crippen LogP contribution in [-0.2, 0) is 5.54 Å². The third-order valence-electron chi connectivity index (χ3n) is 3.46. The predicted octanol–water partition coefficient (Wildman–Crippen LogP) is 1.18. The van der Waals surface area contributed by atoms with E-state index < -0.39 is 0 Å². The van der Waals surface area contributed by atoms with Crippen molar-refractivity contribution in [2.75, 3.05) is 27.3 Å². The van der Waals surface area contributed by atoms with Crippen molar-refractivity contribution in [1.29, 1.82) is 0 Å². The van der Waals surface area contributed by atoms with Crippen molar-refractivity contribution in [3.05, 3.63) is 29.8 Å². The minimum Gasteiger partial charge on any atom is -0.496 e. The Morgan fingerprint density at radius 2 is 2.00 bits per heavy atom. The van der Waals surface area contributed by atoms with Gasteiger partial charge in [0.15, 0.2) is 0 Å². The zero-order chi connectivity index (χ0) is 13.8. The number of aliphatic hydroxyl groups excluding tert-OH is 1. The number of likely N-dealkylation sites (N-methyl/N-ethyl adjacent to an activating group) is 1. The molecule has 0 aliphatic carbocycles. The fraction of sp³-hybridized carbons (Fsp3) is 0.571. The lowest BCUT2D eigenvalue weighted by molar-refractivity contribution is 0.126. The van der Waals surface area contributed by atoms with Crippen LogP contribution < -0.4 is 10.5 Å². The van der Waals surface area contributed by atoms with Crippen LogP contribution in [0.2, 0.25) is 0 Å². The summed E-state index contributed by atoms with van der Waals surface area (Å²) in [6, 6.07) is 7.73. The molecule has 18 heavy (non-hydrogen) atoms. The van der Waals surface area contributed by atoms with Crippen LogP contribution in [0.1, 0.15) is 19.4 Å². The van der Waals surface area contributed by atoms with Gasteiger partial charge in [0.2, 0.25) is 0 Å². The van der Waals surface area contributed by atoms with Crippen molar-refractivity contribution in [2.24, 2.45) is 5.73 Å². The van der Waals surface area contributed by atoms with E-state index in [0.717, 1.165) is 11.3 Å². The van der Waals surface area contributed by atoms with E-state index in [-0.39, 0.29) is 18.2 Å². The molecular weight excluding hydrogens is 228 g/mol. The fourth-order valence-electron chi connectivity index (χ4n) is 1.99. The first-order valence-electron chi connectivity index (χ1n) is 6.14. The summed E-state index contributed by atoms with van der Waals surface area (Å²) in [5.41, 5.74) is 6.70. The molecule has 3 N–H and O–H groups in total. The molecule has 0 heterocycles. The minimum absolute atomic E-state index is 0.00759. The Bertz CT molecular complexity index is 380. The maximum Gasteiger partial charge on any atom is 0.123 e. The molecule has 0 amide bonds. The second-order valence-corrected chi connectivity index (χ2v) is 5.08. The van der Waals surface area contributed by atoms with Gasteiger partial charge < -0.3 is 15.6 Å². The van der Waals surface area contributed by atoms with Crippen molar-refractivity contribution in [3.8, 4) is 5.75 Å². The summed E-state index contributed by atoms with van der Waals surface area (Å²) in [4.78, 5) is 2.13. The average Bonchev–Trinajstić information content (AvgIpc) is 2.38. The van der Waals surface area contributed by atoms with Crippen LogP contribution in [0, 0.1) is 0 Å². The summed E-state index contributed by atoms with van der Waals surface area (Å²) in [6.45, 7) is 4.86. The number of nitrogens with zero attached hydrogens (tertiary/aromatic N) is 1. The number of para-hydroxylation sites is 1. The van der Waals surface area contributed by atoms with Crippen LogP contribution in [0.15, 0.2) is 24.3 Å². The van der Waals surface area contributed by atoms with Gasteiger partial charge in [-0.2, -0.15) is 0 Å². The number of nitrogens with two attached hydrogens (primary N) is 1. The summed E-state index contributed by atoms with van der Waals surface area (Å²) in [7, 11) is 3.68. The Labute approximate surface area is 109 Å². The highest BCUT2D eigenvalue weighted by Gasteiger charge is 2.29. The van der Waals surface area contributed by atoms with Gasteiger partial charge in [-0.15, -0.1) is 0 Å². The van der Waals surface area contributed by atoms with Crippen LogP contribution in [0.4, 0.5) is 0 Å². The van der Waals surface area contributed by atoms with Gasteiger partial charge in [-0.3, -0.25) is 4.90 Å². The molecule has 1 rings (SSSR count). The van der Waals surface area contributed by atoms with E-state index in [1.165, 1.54) is 0 Å². The lowest BCUT2D eigenvalue weighted by atomic mass is 9.91. The molecule has 0 bridgehead atoms. The number of aliphatic hydroxyl groups is 1. The lowest BCUT2D eigenvalue weighted by Crippen LogP contribution is -2.46. The van der Waals surface area contributed by atoms with Gasteiger partial charge in [-0.05, 0) is 27.0 Å². The Balaban J connectivity index is 2.97. The second-order valence-electron chi connectivity index (χ2n) is 5.08. The summed E-state index contributed by atoms with van der Waals surface area (Å²) in [5.74, 6) is 0.868. The summed E-state index contributed by atoms with van der Waals surface area (Å²) >= 11 is 0. The van der Waals surface area contributed by atoms with E-state index in [9.17, 15) is 0 Å². The highest BCUT2D eigenvalue weighted by atomic mass is 16.5. The topological polar surface area (TPSA) is 58.7 Å². The first-order valence-corrected chi connectivity index (χ1v) is 6.14. The van der Waals surface area contributed by atoms with Gasteiger partial charge in [-0.1, -0.05) is 18.2 Å². The molecule has 0 fully saturated rings. The van der Waals surface area contributed by atoms with E-state index in [4.69, 9.17) is 15.6 Å². The van der Waals surface area contributed by atoms with Crippen molar-refractivity contribution < 1.29 is 9.84 Å². The van der Waals surface area contributed by atoms with Gasteiger partial charge in [0.1, 0.15) is 5.75 Å². The normalized spacial score (nSPS) is 13.7. The quantitative estimate of drug-likeness (QED) is 0.798. The first kappa shape index (κ1) is 15.0. The molecule has 1 atom stereocenters. The summed E-state index contributed by atoms with van der Waals surface area (Å²) in [5, 5.41) is 9.04. The molecule has 0 aliphatic heterocycles. The Morgan fingerprint density at radius 1 is 1.39 bits per heavy atom. The zero-order valence-corrected chi connectivity index (χ0v) is 11.7. The highest BCUT2D eigenvalue weighted by molar-refractivity contribution is 5.38. The zero-order valence-electron chi connectivity index (χ0n) is 11.7. The van der Waals surface area contributed by atoms with Gasteiger partial charge in [0.25, 0.3) is 0 Å². The smallest absolute Gasteiger partial charge is 0.123 e. The predicted molar refractivity (Wildman–Crippen MR) is 73.7 cm³/mol. The van der Waals surface area contributed by atoms with Crippen molar-refractivity contribution in [3.63, 3.8) is 0 Å². The number of hydrogen-bond acceptors (Lipinski definition) is 4. The maximum absolute atomic E-state index is 9.04. The standard InChI is InChI=1S/C14H24N2O2/c1-14(2,16(3)9-11(15)10-17)12-7-5-6-8-13(12)18-4/h5-8,11,17H,9-10,15H2,1-4H3/t11-/m1/s1. The maximum atomic E-state index is 9.04. The van der Waals surface area contributed by atoms with E-state index in [2.05, 4.69) is 24.8 Å². The summed E-state index contributed by atoms with van der Waals surface area (Å²) < 4.78 is 5.41. The molecule has 0 aliphatic rings. The Hall–Kier alpha value is -1.10. The number of rotatable bonds is 6. The van der Waals surface area contributed by atoms with Crippen LogP contribution in [0.3, 0.4) is 0 Å². The molecule has 0 radical (unpaired) electrons. The Morgan fingerprint density at radius 3 is 2.56 bits per heavy atom. The molecule has 1 aromatic rings. The molecule has 0 saturated carbocycles. The van der Waals surface area contributed by atoms with Crippen molar-refractivity contribution >= 4 is 0 Å². The van der Waals surface area contributed by atoms with Crippen LogP contribution in [0.5, 0.6) is 5.75 Å². The van der Waals surface area contributed by atoms with E-state index in [0.29, 0.717) is 6.54 Å². The molecule has 4 heteroatoms. The third-order valence-corrected chi connectivity index (χ3v) is 3.46. The minimum atomic E-state index is -0.232. The molecule has 0 unspecified atom stereocenters. The first-order chi connectivity index (χ1) is 8.43. The lowest BCUT2D eigenvalue weighted by Gasteiger charge is -2.38. The average molecular weight is 252 g/mol. The molecule has 0 saturated heterocycles. The molecule has 102 valence electrons. The fourth-order valence-corrected chi connectivity index (χ4v) is 1.99. The number of hydrogen-bond donors (Lipinski definition) is 2. The molecule has 0 aromatic heterocycles. The van der Waals surface area contributed by atoms with Gasteiger partial charge >= 0.3 is 0 Å². The molecule has 1 aromatic carbocycles. The van der Waals surface area contributed by atoms with Gasteiger partial charge in [0, 0.05) is 23.7 Å². The summed E-state index contributed by atoms with van der Waals surface area (Å²) in [6.07, 6.45) is 0. The van der Waals surface area contributed by atoms with E-state index >= 15 is 0 Å². The van der Waals surface area contributed by atoms with Crippen molar-refractivity contribution in [2.45, 2.75) is 25.4 Å². The van der Waals surface area contributed by atoms with Crippen molar-refractivity contribution in [1.82, 2.24) is 4.90 Å². The van der Waals surface area contributed by atoms with Gasteiger partial charge in [-0.25, -0.2) is 0 Å². The van der Waals surface area contributed by atoms with Crippen LogP contribution in [0.25, 0.3) is 0 Å². The second kappa shape index (κ2) is 6.18. The van der Waals surface area contributed by atoms with Crippen LogP contribution >= 0.6 is 0 Å². The van der Waals surface area contributed by atoms with Gasteiger partial charge in [0.05, 0.1) is 13.7 Å². The third kappa shape index (κ3) is 3.22. The Kier molecular flexibility index (Phi) is 5.14. The number of ether oxygens (including phenoxy) is 1. The molecule has 4 nitrogen and oxygen atoms in total. The number of benzene rings is 1. The van der Waals surface area contributed by atoms with Crippen LogP contribution in [-0.4, -0.2) is 43.4 Å². The largest absolute Gasteiger partial charge is 0.496 e. The van der Waals surface area contributed by atoms with E-state index in [1.54, 1.807) is 7.11 Å². The molecule has 0 spiro atoms. The van der Waals surface area contributed by atoms with E-state index in [1.807, 2.05) is 25.2 Å². The molecular formula is C14H24N2O2.